The molecule has 0 aliphatic heterocycles. The highest BCUT2D eigenvalue weighted by atomic mass is 35.5. The summed E-state index contributed by atoms with van der Waals surface area (Å²) in [6.07, 6.45) is 0. The molecule has 0 saturated carbocycles. The molecule has 2 aromatic carbocycles. The van der Waals surface area contributed by atoms with Crippen molar-refractivity contribution in [1.29, 1.82) is 0 Å². The van der Waals surface area contributed by atoms with Crippen LogP contribution in [0, 0.1) is 0 Å². The number of ether oxygens (including phenoxy) is 1. The van der Waals surface area contributed by atoms with Crippen LogP contribution < -0.4 is 10.1 Å². The van der Waals surface area contributed by atoms with Crippen molar-refractivity contribution in [3.8, 4) is 5.75 Å². The fourth-order valence-electron chi connectivity index (χ4n) is 1.69. The number of hydrogen-bond acceptors (Lipinski definition) is 4. The first kappa shape index (κ1) is 17.7. The van der Waals surface area contributed by atoms with Gasteiger partial charge in [-0.25, -0.2) is 0 Å². The van der Waals surface area contributed by atoms with Gasteiger partial charge in [-0.3, -0.25) is 9.59 Å². The topological polar surface area (TPSA) is 55.4 Å². The van der Waals surface area contributed by atoms with Gasteiger partial charge >= 0.3 is 5.97 Å². The standard InChI is InChI=1S/C16H13Cl2NO3S/c1-10(20)19-11-5-7-12(8-6-11)23-9-15(21)22-14-4-2-3-13(17)16(14)18/h2-8H,9H2,1H3,(H,19,20). The van der Waals surface area contributed by atoms with Crippen LogP contribution in [0.5, 0.6) is 5.75 Å². The lowest BCUT2D eigenvalue weighted by Gasteiger charge is -2.07. The van der Waals surface area contributed by atoms with Gasteiger partial charge in [0.15, 0.2) is 5.75 Å². The quantitative estimate of drug-likeness (QED) is 0.473. The second-order valence-electron chi connectivity index (χ2n) is 4.52. The fourth-order valence-corrected chi connectivity index (χ4v) is 2.70. The normalized spacial score (nSPS) is 10.2. The van der Waals surface area contributed by atoms with E-state index in [1.54, 1.807) is 30.3 Å². The first-order valence-electron chi connectivity index (χ1n) is 6.61. The predicted octanol–water partition coefficient (Wildman–Crippen LogP) is 4.65. The Bertz CT molecular complexity index is 720. The van der Waals surface area contributed by atoms with Gasteiger partial charge in [0.25, 0.3) is 0 Å². The Balaban J connectivity index is 1.89. The molecular weight excluding hydrogens is 357 g/mol. The predicted molar refractivity (Wildman–Crippen MR) is 93.6 cm³/mol. The number of hydrogen-bond donors (Lipinski definition) is 1. The number of amides is 1. The van der Waals surface area contributed by atoms with E-state index in [4.69, 9.17) is 27.9 Å². The third-order valence-electron chi connectivity index (χ3n) is 2.67. The summed E-state index contributed by atoms with van der Waals surface area (Å²) in [6, 6.07) is 12.0. The van der Waals surface area contributed by atoms with Crippen LogP contribution in [0.15, 0.2) is 47.4 Å². The molecule has 1 amide bonds. The molecule has 0 aliphatic rings. The highest BCUT2D eigenvalue weighted by Gasteiger charge is 2.11. The largest absolute Gasteiger partial charge is 0.424 e. The molecule has 4 nitrogen and oxygen atoms in total. The van der Waals surface area contributed by atoms with Crippen LogP contribution >= 0.6 is 35.0 Å². The van der Waals surface area contributed by atoms with Crippen LogP contribution in [0.4, 0.5) is 5.69 Å². The minimum atomic E-state index is -0.426. The number of halogens is 2. The lowest BCUT2D eigenvalue weighted by atomic mass is 10.3. The van der Waals surface area contributed by atoms with Gasteiger partial charge < -0.3 is 10.1 Å². The van der Waals surface area contributed by atoms with Gasteiger partial charge in [0.1, 0.15) is 5.02 Å². The summed E-state index contributed by atoms with van der Waals surface area (Å²) in [4.78, 5) is 23.7. The zero-order valence-electron chi connectivity index (χ0n) is 12.1. The molecule has 0 spiro atoms. The maximum Gasteiger partial charge on any atom is 0.321 e. The second kappa shape index (κ2) is 8.24. The van der Waals surface area contributed by atoms with Gasteiger partial charge in [0, 0.05) is 17.5 Å². The third-order valence-corrected chi connectivity index (χ3v) is 4.46. The number of carbonyl (C=O) groups excluding carboxylic acids is 2. The Morgan fingerprint density at radius 1 is 1.13 bits per heavy atom. The molecule has 0 bridgehead atoms. The number of anilines is 1. The molecule has 7 heteroatoms. The van der Waals surface area contributed by atoms with Gasteiger partial charge in [-0.05, 0) is 36.4 Å². The lowest BCUT2D eigenvalue weighted by Crippen LogP contribution is -2.11. The van der Waals surface area contributed by atoms with E-state index >= 15 is 0 Å². The van der Waals surface area contributed by atoms with Gasteiger partial charge in [-0.2, -0.15) is 0 Å². The molecule has 2 rings (SSSR count). The Labute approximate surface area is 148 Å². The van der Waals surface area contributed by atoms with E-state index in [0.717, 1.165) is 4.90 Å². The Hall–Kier alpha value is -1.69. The van der Waals surface area contributed by atoms with Gasteiger partial charge in [0.2, 0.25) is 5.91 Å². The molecule has 23 heavy (non-hydrogen) atoms. The Morgan fingerprint density at radius 2 is 1.83 bits per heavy atom. The highest BCUT2D eigenvalue weighted by Crippen LogP contribution is 2.32. The zero-order valence-corrected chi connectivity index (χ0v) is 14.5. The molecule has 0 saturated heterocycles. The van der Waals surface area contributed by atoms with Crippen LogP contribution in [-0.4, -0.2) is 17.6 Å². The summed E-state index contributed by atoms with van der Waals surface area (Å²) in [5, 5.41) is 3.22. The molecule has 2 aromatic rings. The SMILES string of the molecule is CC(=O)Nc1ccc(SCC(=O)Oc2cccc(Cl)c2Cl)cc1. The number of nitrogens with one attached hydrogen (secondary N) is 1. The first-order chi connectivity index (χ1) is 11.0. The zero-order chi connectivity index (χ0) is 16.8. The number of esters is 1. The summed E-state index contributed by atoms with van der Waals surface area (Å²) in [6.45, 7) is 1.44. The maximum absolute atomic E-state index is 11.9. The third kappa shape index (κ3) is 5.46. The molecule has 0 atom stereocenters. The summed E-state index contributed by atoms with van der Waals surface area (Å²) in [5.74, 6) is -0.189. The number of benzene rings is 2. The first-order valence-corrected chi connectivity index (χ1v) is 8.35. The van der Waals surface area contributed by atoms with Crippen molar-refractivity contribution in [3.05, 3.63) is 52.5 Å². The average molecular weight is 370 g/mol. The van der Waals surface area contributed by atoms with Crippen molar-refractivity contribution in [2.45, 2.75) is 11.8 Å². The molecule has 0 fully saturated rings. The van der Waals surface area contributed by atoms with E-state index in [-0.39, 0.29) is 22.4 Å². The van der Waals surface area contributed by atoms with Crippen molar-refractivity contribution in [3.63, 3.8) is 0 Å². The van der Waals surface area contributed by atoms with Gasteiger partial charge in [0.05, 0.1) is 10.8 Å². The minimum absolute atomic E-state index is 0.127. The number of carbonyl (C=O) groups is 2. The number of rotatable bonds is 5. The van der Waals surface area contributed by atoms with E-state index in [9.17, 15) is 9.59 Å². The summed E-state index contributed by atoms with van der Waals surface area (Å²) in [7, 11) is 0. The van der Waals surface area contributed by atoms with E-state index in [1.807, 2.05) is 12.1 Å². The molecule has 0 unspecified atom stereocenters. The molecule has 1 N–H and O–H groups in total. The smallest absolute Gasteiger partial charge is 0.321 e. The summed E-state index contributed by atoms with van der Waals surface area (Å²) in [5.41, 5.74) is 0.704. The maximum atomic E-state index is 11.9. The molecular formula is C16H13Cl2NO3S. The van der Waals surface area contributed by atoms with E-state index < -0.39 is 5.97 Å². The summed E-state index contributed by atoms with van der Waals surface area (Å²) < 4.78 is 5.19. The van der Waals surface area contributed by atoms with E-state index in [1.165, 1.54) is 18.7 Å². The minimum Gasteiger partial charge on any atom is -0.424 e. The van der Waals surface area contributed by atoms with E-state index in [0.29, 0.717) is 10.7 Å². The van der Waals surface area contributed by atoms with Crippen LogP contribution in [0.1, 0.15) is 6.92 Å². The Morgan fingerprint density at radius 3 is 2.48 bits per heavy atom. The lowest BCUT2D eigenvalue weighted by molar-refractivity contribution is -0.131. The van der Waals surface area contributed by atoms with Crippen LogP contribution in [0.3, 0.4) is 0 Å². The van der Waals surface area contributed by atoms with Crippen molar-refractivity contribution in [2.24, 2.45) is 0 Å². The fraction of sp³-hybridized carbons (Fsp3) is 0.125. The van der Waals surface area contributed by atoms with E-state index in [2.05, 4.69) is 5.32 Å². The molecule has 0 aromatic heterocycles. The van der Waals surface area contributed by atoms with Crippen LogP contribution in [-0.2, 0) is 9.59 Å². The van der Waals surface area contributed by atoms with Crippen molar-refractivity contribution in [2.75, 3.05) is 11.1 Å². The van der Waals surface area contributed by atoms with Crippen molar-refractivity contribution >= 4 is 52.5 Å². The van der Waals surface area contributed by atoms with Crippen molar-refractivity contribution in [1.82, 2.24) is 0 Å². The van der Waals surface area contributed by atoms with Crippen LogP contribution in [0.25, 0.3) is 0 Å². The molecule has 120 valence electrons. The number of thioether (sulfide) groups is 1. The molecule has 0 heterocycles. The van der Waals surface area contributed by atoms with Crippen LogP contribution in [0.2, 0.25) is 10.0 Å². The average Bonchev–Trinajstić information content (AvgIpc) is 2.51. The van der Waals surface area contributed by atoms with Gasteiger partial charge in [-0.15, -0.1) is 11.8 Å². The highest BCUT2D eigenvalue weighted by molar-refractivity contribution is 8.00. The van der Waals surface area contributed by atoms with Crippen molar-refractivity contribution < 1.29 is 14.3 Å². The van der Waals surface area contributed by atoms with Gasteiger partial charge in [-0.1, -0.05) is 29.3 Å². The Kier molecular flexibility index (Phi) is 6.33. The monoisotopic (exact) mass is 369 g/mol. The molecule has 0 radical (unpaired) electrons. The second-order valence-corrected chi connectivity index (χ2v) is 6.35. The molecule has 0 aliphatic carbocycles. The summed E-state index contributed by atoms with van der Waals surface area (Å²) >= 11 is 13.1.